The average molecular weight is 553 g/mol. The van der Waals surface area contributed by atoms with Crippen LogP contribution in [0.1, 0.15) is 29.1 Å². The Morgan fingerprint density at radius 2 is 1.48 bits per heavy atom. The van der Waals surface area contributed by atoms with E-state index >= 15 is 0 Å². The van der Waals surface area contributed by atoms with Crippen molar-refractivity contribution in [2.75, 3.05) is 31.1 Å². The minimum atomic E-state index is -3.57. The quantitative estimate of drug-likeness (QED) is 0.297. The summed E-state index contributed by atoms with van der Waals surface area (Å²) in [6, 6.07) is 27.1. The van der Waals surface area contributed by atoms with Gasteiger partial charge in [-0.15, -0.1) is 0 Å². The minimum Gasteiger partial charge on any atom is -0.355 e. The zero-order valence-electron chi connectivity index (χ0n) is 22.7. The lowest BCUT2D eigenvalue weighted by Gasteiger charge is -2.24. The molecule has 0 N–H and O–H groups in total. The lowest BCUT2D eigenvalue weighted by atomic mass is 10.1. The lowest BCUT2D eigenvalue weighted by Crippen LogP contribution is -2.35. The van der Waals surface area contributed by atoms with E-state index in [9.17, 15) is 8.42 Å². The van der Waals surface area contributed by atoms with Gasteiger partial charge in [0.25, 0.3) is 0 Å². The van der Waals surface area contributed by atoms with Crippen LogP contribution in [0.3, 0.4) is 0 Å². The molecule has 5 aromatic rings. The number of nitrogens with zero attached hydrogens (tertiary/aromatic N) is 6. The second kappa shape index (κ2) is 10.8. The van der Waals surface area contributed by atoms with E-state index in [4.69, 9.17) is 15.1 Å². The zero-order valence-corrected chi connectivity index (χ0v) is 23.6. The Morgan fingerprint density at radius 3 is 2.20 bits per heavy atom. The second-order valence-corrected chi connectivity index (χ2v) is 12.2. The van der Waals surface area contributed by atoms with Crippen LogP contribution in [-0.2, 0) is 16.4 Å². The van der Waals surface area contributed by atoms with Crippen LogP contribution in [0.4, 0.5) is 5.82 Å². The molecule has 0 radical (unpaired) electrons. The number of anilines is 1. The number of fused-ring (bicyclic) bond motifs is 1. The van der Waals surface area contributed by atoms with E-state index in [2.05, 4.69) is 36.1 Å². The number of benzene rings is 3. The SMILES string of the molecule is Cc1ccc(Cc2nc(N3CCCN(S(=O)(=O)c4ccccc4)CC3)c3c(C)nn(-c4ccccc4)c3n2)cc1. The van der Waals surface area contributed by atoms with Crippen molar-refractivity contribution in [2.45, 2.75) is 31.6 Å². The molecule has 0 spiro atoms. The fourth-order valence-electron chi connectivity index (χ4n) is 5.24. The molecule has 0 unspecified atom stereocenters. The fourth-order valence-corrected chi connectivity index (χ4v) is 6.73. The highest BCUT2D eigenvalue weighted by Gasteiger charge is 2.29. The summed E-state index contributed by atoms with van der Waals surface area (Å²) in [5.41, 5.74) is 4.87. The smallest absolute Gasteiger partial charge is 0.243 e. The fraction of sp³-hybridized carbons (Fsp3) is 0.258. The number of rotatable bonds is 6. The molecule has 3 heterocycles. The van der Waals surface area contributed by atoms with Gasteiger partial charge < -0.3 is 4.90 Å². The van der Waals surface area contributed by atoms with Gasteiger partial charge in [-0.25, -0.2) is 23.1 Å². The summed E-state index contributed by atoms with van der Waals surface area (Å²) >= 11 is 0. The molecule has 1 saturated heterocycles. The summed E-state index contributed by atoms with van der Waals surface area (Å²) < 4.78 is 30.2. The Morgan fingerprint density at radius 1 is 0.775 bits per heavy atom. The van der Waals surface area contributed by atoms with Crippen LogP contribution < -0.4 is 4.90 Å². The van der Waals surface area contributed by atoms with Gasteiger partial charge in [-0.2, -0.15) is 9.40 Å². The summed E-state index contributed by atoms with van der Waals surface area (Å²) in [7, 11) is -3.57. The van der Waals surface area contributed by atoms with Crippen LogP contribution in [0.15, 0.2) is 89.8 Å². The molecule has 0 aliphatic carbocycles. The third-order valence-electron chi connectivity index (χ3n) is 7.35. The first-order valence-corrected chi connectivity index (χ1v) is 15.0. The zero-order chi connectivity index (χ0) is 27.7. The Kier molecular flexibility index (Phi) is 7.08. The standard InChI is InChI=1S/C31H32N6O2S/c1-23-14-16-25(17-15-23)22-28-32-30(29-24(2)34-37(31(29)33-28)26-10-5-3-6-11-26)35-18-9-19-36(21-20-35)40(38,39)27-12-7-4-8-13-27/h3-8,10-17H,9,18-22H2,1-2H3. The lowest BCUT2D eigenvalue weighted by molar-refractivity contribution is 0.433. The summed E-state index contributed by atoms with van der Waals surface area (Å²) in [5.74, 6) is 1.52. The van der Waals surface area contributed by atoms with E-state index in [1.807, 2.05) is 48.0 Å². The van der Waals surface area contributed by atoms with E-state index in [0.717, 1.165) is 33.8 Å². The predicted octanol–water partition coefficient (Wildman–Crippen LogP) is 4.92. The van der Waals surface area contributed by atoms with Gasteiger partial charge >= 0.3 is 0 Å². The first-order chi connectivity index (χ1) is 19.4. The molecule has 2 aromatic heterocycles. The van der Waals surface area contributed by atoms with Crippen molar-refractivity contribution in [1.82, 2.24) is 24.1 Å². The largest absolute Gasteiger partial charge is 0.355 e. The van der Waals surface area contributed by atoms with Gasteiger partial charge in [-0.3, -0.25) is 0 Å². The van der Waals surface area contributed by atoms with Crippen molar-refractivity contribution in [3.05, 3.63) is 108 Å². The number of sulfonamides is 1. The van der Waals surface area contributed by atoms with Gasteiger partial charge in [0.1, 0.15) is 11.6 Å². The normalized spacial score (nSPS) is 14.9. The topological polar surface area (TPSA) is 84.2 Å². The van der Waals surface area contributed by atoms with Crippen LogP contribution in [0.2, 0.25) is 0 Å². The third kappa shape index (κ3) is 5.10. The van der Waals surface area contributed by atoms with Gasteiger partial charge in [0.05, 0.1) is 21.7 Å². The van der Waals surface area contributed by atoms with Crippen molar-refractivity contribution in [3.63, 3.8) is 0 Å². The van der Waals surface area contributed by atoms with Crippen LogP contribution in [0.5, 0.6) is 0 Å². The Balaban J connectivity index is 1.40. The highest BCUT2D eigenvalue weighted by molar-refractivity contribution is 7.89. The molecule has 8 nitrogen and oxygen atoms in total. The average Bonchev–Trinajstić information content (AvgIpc) is 3.13. The van der Waals surface area contributed by atoms with Crippen molar-refractivity contribution in [1.29, 1.82) is 0 Å². The van der Waals surface area contributed by atoms with E-state index in [1.54, 1.807) is 28.6 Å². The second-order valence-electron chi connectivity index (χ2n) is 10.2. The third-order valence-corrected chi connectivity index (χ3v) is 9.26. The number of aryl methyl sites for hydroxylation is 2. The van der Waals surface area contributed by atoms with Crippen LogP contribution >= 0.6 is 0 Å². The summed E-state index contributed by atoms with van der Waals surface area (Å²) in [6.45, 7) is 6.11. The van der Waals surface area contributed by atoms with E-state index in [1.165, 1.54) is 5.56 Å². The van der Waals surface area contributed by atoms with Crippen LogP contribution in [0.25, 0.3) is 16.7 Å². The molecule has 1 aliphatic heterocycles. The molecule has 1 fully saturated rings. The molecule has 0 amide bonds. The number of para-hydroxylation sites is 1. The molecular formula is C31H32N6O2S. The Hall–Kier alpha value is -4.08. The maximum atomic E-state index is 13.4. The van der Waals surface area contributed by atoms with Crippen molar-refractivity contribution < 1.29 is 8.42 Å². The summed E-state index contributed by atoms with van der Waals surface area (Å²) in [4.78, 5) is 12.6. The van der Waals surface area contributed by atoms with Gasteiger partial charge in [0.15, 0.2) is 5.65 Å². The van der Waals surface area contributed by atoms with Gasteiger partial charge in [-0.05, 0) is 50.1 Å². The Bertz CT molecular complexity index is 1740. The number of hydrogen-bond donors (Lipinski definition) is 0. The van der Waals surface area contributed by atoms with Crippen molar-refractivity contribution >= 4 is 26.9 Å². The summed E-state index contributed by atoms with van der Waals surface area (Å²) in [5, 5.41) is 5.77. The molecule has 1 aliphatic rings. The van der Waals surface area contributed by atoms with Crippen molar-refractivity contribution in [3.8, 4) is 5.69 Å². The highest BCUT2D eigenvalue weighted by atomic mass is 32.2. The molecular weight excluding hydrogens is 520 g/mol. The highest BCUT2D eigenvalue weighted by Crippen LogP contribution is 2.31. The molecule has 0 saturated carbocycles. The number of hydrogen-bond acceptors (Lipinski definition) is 6. The molecule has 0 atom stereocenters. The minimum absolute atomic E-state index is 0.327. The van der Waals surface area contributed by atoms with Crippen LogP contribution in [0, 0.1) is 13.8 Å². The van der Waals surface area contributed by atoms with Gasteiger partial charge in [-0.1, -0.05) is 66.2 Å². The van der Waals surface area contributed by atoms with E-state index in [0.29, 0.717) is 49.7 Å². The Labute approximate surface area is 235 Å². The van der Waals surface area contributed by atoms with Gasteiger partial charge in [0.2, 0.25) is 10.0 Å². The molecule has 9 heteroatoms. The van der Waals surface area contributed by atoms with Gasteiger partial charge in [0, 0.05) is 32.6 Å². The molecule has 3 aromatic carbocycles. The monoisotopic (exact) mass is 552 g/mol. The van der Waals surface area contributed by atoms with Crippen molar-refractivity contribution in [2.24, 2.45) is 0 Å². The number of aromatic nitrogens is 4. The molecule has 0 bridgehead atoms. The predicted molar refractivity (Wildman–Crippen MR) is 157 cm³/mol. The molecule has 204 valence electrons. The maximum absolute atomic E-state index is 13.4. The maximum Gasteiger partial charge on any atom is 0.243 e. The molecule has 40 heavy (non-hydrogen) atoms. The molecule has 6 rings (SSSR count). The van der Waals surface area contributed by atoms with E-state index < -0.39 is 10.0 Å². The first-order valence-electron chi connectivity index (χ1n) is 13.6. The summed E-state index contributed by atoms with van der Waals surface area (Å²) in [6.07, 6.45) is 1.28. The van der Waals surface area contributed by atoms with Crippen LogP contribution in [-0.4, -0.2) is 58.7 Å². The van der Waals surface area contributed by atoms with E-state index in [-0.39, 0.29) is 0 Å². The first kappa shape index (κ1) is 26.2.